The van der Waals surface area contributed by atoms with Crippen LogP contribution in [0, 0.1) is 0 Å². The van der Waals surface area contributed by atoms with Gasteiger partial charge in [0.2, 0.25) is 0 Å². The van der Waals surface area contributed by atoms with E-state index in [0.717, 1.165) is 12.1 Å². The Morgan fingerprint density at radius 1 is 0.889 bits per heavy atom. The predicted molar refractivity (Wildman–Crippen MR) is 113 cm³/mol. The normalized spacial score (nSPS) is 19.9. The second kappa shape index (κ2) is 7.99. The maximum Gasteiger partial charge on any atom is 0.466 e. The van der Waals surface area contributed by atoms with E-state index >= 15 is 0 Å². The van der Waals surface area contributed by atoms with Gasteiger partial charge in [0.25, 0.3) is 0 Å². The van der Waals surface area contributed by atoms with Gasteiger partial charge in [-0.05, 0) is 52.2 Å². The van der Waals surface area contributed by atoms with E-state index in [-0.39, 0.29) is 24.1 Å². The molecule has 1 heterocycles. The molecule has 2 aromatic rings. The Morgan fingerprint density at radius 2 is 1.41 bits per heavy atom. The molecule has 0 spiro atoms. The van der Waals surface area contributed by atoms with Gasteiger partial charge in [0.1, 0.15) is 0 Å². The number of hydrogen-bond donors (Lipinski definition) is 0. The number of rotatable bonds is 6. The highest BCUT2D eigenvalue weighted by Crippen LogP contribution is 2.41. The Hall–Kier alpha value is -1.91. The summed E-state index contributed by atoms with van der Waals surface area (Å²) in [7, 11) is -0.278. The first kappa shape index (κ1) is 19.8. The fourth-order valence-corrected chi connectivity index (χ4v) is 3.32. The van der Waals surface area contributed by atoms with Crippen molar-refractivity contribution >= 4 is 12.8 Å². The van der Waals surface area contributed by atoms with Crippen molar-refractivity contribution in [1.82, 2.24) is 0 Å². The van der Waals surface area contributed by atoms with Gasteiger partial charge >= 0.3 is 7.12 Å². The first-order valence-electron chi connectivity index (χ1n) is 9.73. The van der Waals surface area contributed by atoms with Crippen LogP contribution in [0.15, 0.2) is 65.7 Å². The van der Waals surface area contributed by atoms with Crippen molar-refractivity contribution in [1.29, 1.82) is 0 Å². The molecule has 3 rings (SSSR count). The molecule has 1 atom stereocenters. The van der Waals surface area contributed by atoms with E-state index in [1.54, 1.807) is 0 Å². The lowest BCUT2D eigenvalue weighted by Gasteiger charge is -2.32. The van der Waals surface area contributed by atoms with E-state index < -0.39 is 0 Å². The van der Waals surface area contributed by atoms with Gasteiger partial charge in [-0.15, -0.1) is 0 Å². The van der Waals surface area contributed by atoms with E-state index in [4.69, 9.17) is 14.3 Å². The lowest BCUT2D eigenvalue weighted by Crippen LogP contribution is -2.41. The molecule has 1 unspecified atom stereocenters. The molecule has 1 aliphatic heterocycles. The van der Waals surface area contributed by atoms with Crippen LogP contribution in [-0.2, 0) is 15.9 Å². The molecule has 142 valence electrons. The molecular weight excluding hydrogens is 333 g/mol. The fraction of sp³-hybridized carbons (Fsp3) is 0.435. The lowest BCUT2D eigenvalue weighted by atomic mass is 9.65. The third kappa shape index (κ3) is 4.69. The summed E-state index contributed by atoms with van der Waals surface area (Å²) in [6.07, 6.45) is 0.813. The Labute approximate surface area is 164 Å². The highest BCUT2D eigenvalue weighted by molar-refractivity contribution is 6.48. The maximum atomic E-state index is 6.37. The third-order valence-corrected chi connectivity index (χ3v) is 5.72. The molecule has 1 aliphatic rings. The van der Waals surface area contributed by atoms with Gasteiger partial charge in [-0.1, -0.05) is 60.7 Å². The van der Waals surface area contributed by atoms with E-state index in [1.165, 1.54) is 11.1 Å². The van der Waals surface area contributed by atoms with Crippen molar-refractivity contribution in [3.05, 3.63) is 71.8 Å². The van der Waals surface area contributed by atoms with Crippen LogP contribution in [0.4, 0.5) is 0 Å². The summed E-state index contributed by atoms with van der Waals surface area (Å²) in [6, 6.07) is 20.9. The molecule has 2 aromatic carbocycles. The molecule has 0 radical (unpaired) electrons. The van der Waals surface area contributed by atoms with E-state index in [2.05, 4.69) is 83.1 Å². The topological polar surface area (TPSA) is 30.8 Å². The number of nitrogens with zero attached hydrogens (tertiary/aromatic N) is 1. The molecule has 27 heavy (non-hydrogen) atoms. The minimum absolute atomic E-state index is 0.117. The van der Waals surface area contributed by atoms with Crippen molar-refractivity contribution in [3.63, 3.8) is 0 Å². The molecule has 0 aliphatic carbocycles. The zero-order chi connectivity index (χ0) is 19.5. The Morgan fingerprint density at radius 3 is 1.96 bits per heavy atom. The Balaban J connectivity index is 1.79. The molecule has 0 N–H and O–H groups in total. The van der Waals surface area contributed by atoms with E-state index in [9.17, 15) is 0 Å². The van der Waals surface area contributed by atoms with Crippen LogP contribution in [0.2, 0.25) is 0 Å². The summed E-state index contributed by atoms with van der Waals surface area (Å²) in [5.74, 6) is 0.117. The maximum absolute atomic E-state index is 6.37. The average Bonchev–Trinajstić information content (AvgIpc) is 2.87. The second-order valence-electron chi connectivity index (χ2n) is 8.38. The first-order valence-corrected chi connectivity index (χ1v) is 9.73. The van der Waals surface area contributed by atoms with Crippen LogP contribution in [-0.4, -0.2) is 24.0 Å². The zero-order valence-electron chi connectivity index (χ0n) is 17.1. The van der Waals surface area contributed by atoms with Gasteiger partial charge < -0.3 is 9.31 Å². The van der Waals surface area contributed by atoms with Crippen LogP contribution >= 0.6 is 0 Å². The molecule has 0 aromatic heterocycles. The van der Waals surface area contributed by atoms with Crippen LogP contribution in [0.5, 0.6) is 0 Å². The monoisotopic (exact) mass is 363 g/mol. The molecule has 1 fully saturated rings. The third-order valence-electron chi connectivity index (χ3n) is 5.72. The molecule has 0 amide bonds. The number of benzene rings is 2. The van der Waals surface area contributed by atoms with Gasteiger partial charge in [0, 0.05) is 11.5 Å². The van der Waals surface area contributed by atoms with Crippen LogP contribution in [0.3, 0.4) is 0 Å². The highest BCUT2D eigenvalue weighted by Gasteiger charge is 2.53. The molecule has 4 heteroatoms. The van der Waals surface area contributed by atoms with Crippen LogP contribution in [0.25, 0.3) is 0 Å². The molecular formula is C23H30BNO2. The quantitative estimate of drug-likeness (QED) is 0.505. The van der Waals surface area contributed by atoms with Gasteiger partial charge in [-0.25, -0.2) is 0 Å². The summed E-state index contributed by atoms with van der Waals surface area (Å²) in [5.41, 5.74) is 2.90. The van der Waals surface area contributed by atoms with Crippen LogP contribution in [0.1, 0.15) is 58.0 Å². The molecule has 1 saturated heterocycles. The van der Waals surface area contributed by atoms with Gasteiger partial charge in [0.05, 0.1) is 17.7 Å². The minimum atomic E-state index is -0.334. The van der Waals surface area contributed by atoms with Crippen molar-refractivity contribution < 1.29 is 9.31 Å². The fourth-order valence-electron chi connectivity index (χ4n) is 3.32. The predicted octanol–water partition coefficient (Wildman–Crippen LogP) is 5.45. The lowest BCUT2D eigenvalue weighted by molar-refractivity contribution is 0.00578. The Bertz CT molecular complexity index is 755. The standard InChI is InChI=1S/C23H30BNO2/c1-18(25-17-19-12-8-6-9-13-19)16-21(20-14-10-7-11-15-20)24-26-22(2,3)23(4,5)27-24/h6-15,21H,16-17H2,1-5H3. The Kier molecular flexibility index (Phi) is 5.88. The minimum Gasteiger partial charge on any atom is -0.403 e. The van der Waals surface area contributed by atoms with Gasteiger partial charge in [-0.3, -0.25) is 4.99 Å². The molecule has 0 saturated carbocycles. The summed E-state index contributed by atoms with van der Waals surface area (Å²) in [5, 5.41) is 0. The van der Waals surface area contributed by atoms with Crippen molar-refractivity contribution in [2.45, 2.75) is 64.6 Å². The SMILES string of the molecule is CC(CC(B1OC(C)(C)C(C)(C)O1)c1ccccc1)=NCc1ccccc1. The van der Waals surface area contributed by atoms with Crippen molar-refractivity contribution in [2.24, 2.45) is 4.99 Å². The second-order valence-corrected chi connectivity index (χ2v) is 8.38. The number of aliphatic imine (C=N–C) groups is 1. The molecule has 3 nitrogen and oxygen atoms in total. The van der Waals surface area contributed by atoms with E-state index in [1.807, 2.05) is 12.1 Å². The molecule has 0 bridgehead atoms. The van der Waals surface area contributed by atoms with Crippen molar-refractivity contribution in [3.8, 4) is 0 Å². The average molecular weight is 363 g/mol. The largest absolute Gasteiger partial charge is 0.466 e. The first-order chi connectivity index (χ1) is 12.8. The van der Waals surface area contributed by atoms with Gasteiger partial charge in [0.15, 0.2) is 0 Å². The van der Waals surface area contributed by atoms with E-state index in [0.29, 0.717) is 6.54 Å². The van der Waals surface area contributed by atoms with Gasteiger partial charge in [-0.2, -0.15) is 0 Å². The smallest absolute Gasteiger partial charge is 0.403 e. The highest BCUT2D eigenvalue weighted by atomic mass is 16.7. The zero-order valence-corrected chi connectivity index (χ0v) is 17.1. The summed E-state index contributed by atoms with van der Waals surface area (Å²) in [4.78, 5) is 4.81. The van der Waals surface area contributed by atoms with Crippen molar-refractivity contribution in [2.75, 3.05) is 0 Å². The summed E-state index contributed by atoms with van der Waals surface area (Å²) >= 11 is 0. The summed E-state index contributed by atoms with van der Waals surface area (Å²) < 4.78 is 12.7. The van der Waals surface area contributed by atoms with Crippen LogP contribution < -0.4 is 0 Å². The summed E-state index contributed by atoms with van der Waals surface area (Å²) in [6.45, 7) is 11.2. The number of hydrogen-bond acceptors (Lipinski definition) is 3.